The second-order valence-electron chi connectivity index (χ2n) is 8.47. The number of fused-ring (bicyclic) bond motifs is 1. The number of aromatic nitrogens is 2. The van der Waals surface area contributed by atoms with Gasteiger partial charge in [-0.05, 0) is 49.2 Å². The Labute approximate surface area is 220 Å². The molecule has 10 nitrogen and oxygen atoms in total. The summed E-state index contributed by atoms with van der Waals surface area (Å²) in [6, 6.07) is 13.4. The van der Waals surface area contributed by atoms with Gasteiger partial charge in [-0.3, -0.25) is 4.79 Å². The summed E-state index contributed by atoms with van der Waals surface area (Å²) in [7, 11) is 0.666. The van der Waals surface area contributed by atoms with Gasteiger partial charge in [-0.1, -0.05) is 12.1 Å². The highest BCUT2D eigenvalue weighted by atomic mass is 32.2. The lowest BCUT2D eigenvalue weighted by atomic mass is 10.0. The Morgan fingerprint density at radius 3 is 2.26 bits per heavy atom. The number of para-hydroxylation sites is 1. The lowest BCUT2D eigenvalue weighted by Crippen LogP contribution is -2.28. The predicted molar refractivity (Wildman–Crippen MR) is 144 cm³/mol. The van der Waals surface area contributed by atoms with Crippen molar-refractivity contribution in [1.82, 2.24) is 14.7 Å². The van der Waals surface area contributed by atoms with Gasteiger partial charge in [0, 0.05) is 24.2 Å². The second kappa shape index (κ2) is 11.1. The van der Waals surface area contributed by atoms with Crippen LogP contribution in [0.4, 0.5) is 0 Å². The molecule has 0 aliphatic rings. The monoisotopic (exact) mass is 539 g/mol. The minimum atomic E-state index is -3.77. The number of methoxy groups -OCH3 is 3. The third-order valence-corrected chi connectivity index (χ3v) is 7.44. The summed E-state index contributed by atoms with van der Waals surface area (Å²) in [5.74, 6) is 2.17. The van der Waals surface area contributed by atoms with Crippen molar-refractivity contribution in [3.63, 3.8) is 0 Å². The lowest BCUT2D eigenvalue weighted by Gasteiger charge is -2.15. The first kappa shape index (κ1) is 27.0. The molecular formula is C27H29N3O7S. The topological polar surface area (TPSA) is 129 Å². The number of aryl methyl sites for hydroxylation is 2. The molecule has 0 amide bonds. The Kier molecular flexibility index (Phi) is 7.88. The number of H-pyrrole nitrogens is 1. The fourth-order valence-electron chi connectivity index (χ4n) is 4.19. The first-order chi connectivity index (χ1) is 18.2. The van der Waals surface area contributed by atoms with Crippen molar-refractivity contribution in [1.29, 1.82) is 0 Å². The SMILES string of the molecule is COc1cc(OC)c2c(=O)[nH]c(-c3cc(C)c(OCCNS(=O)(=O)c4ccccc4OC)c(C)c3)nc2c1. The molecule has 1 aromatic heterocycles. The highest BCUT2D eigenvalue weighted by Gasteiger charge is 2.19. The third kappa shape index (κ3) is 5.43. The maximum absolute atomic E-state index is 12.9. The number of hydrogen-bond donors (Lipinski definition) is 2. The summed E-state index contributed by atoms with van der Waals surface area (Å²) < 4.78 is 49.6. The molecule has 0 unspecified atom stereocenters. The van der Waals surface area contributed by atoms with E-state index >= 15 is 0 Å². The van der Waals surface area contributed by atoms with Crippen LogP contribution in [0.2, 0.25) is 0 Å². The van der Waals surface area contributed by atoms with E-state index < -0.39 is 10.0 Å². The molecule has 0 aliphatic carbocycles. The van der Waals surface area contributed by atoms with Gasteiger partial charge in [0.1, 0.15) is 45.7 Å². The number of sulfonamides is 1. The Bertz CT molecular complexity index is 1630. The Morgan fingerprint density at radius 2 is 1.61 bits per heavy atom. The number of benzene rings is 3. The van der Waals surface area contributed by atoms with Gasteiger partial charge >= 0.3 is 0 Å². The van der Waals surface area contributed by atoms with Crippen LogP contribution in [0.1, 0.15) is 11.1 Å². The number of hydrogen-bond acceptors (Lipinski definition) is 8. The molecule has 0 aliphatic heterocycles. The average Bonchev–Trinajstić information content (AvgIpc) is 2.91. The van der Waals surface area contributed by atoms with Crippen molar-refractivity contribution in [2.24, 2.45) is 0 Å². The van der Waals surface area contributed by atoms with Crippen LogP contribution in [0.15, 0.2) is 58.2 Å². The first-order valence-electron chi connectivity index (χ1n) is 11.7. The van der Waals surface area contributed by atoms with E-state index in [0.717, 1.165) is 11.1 Å². The molecule has 200 valence electrons. The molecule has 0 radical (unpaired) electrons. The van der Waals surface area contributed by atoms with Gasteiger partial charge < -0.3 is 23.9 Å². The quantitative estimate of drug-likeness (QED) is 0.293. The summed E-state index contributed by atoms with van der Waals surface area (Å²) >= 11 is 0. The Morgan fingerprint density at radius 1 is 0.921 bits per heavy atom. The summed E-state index contributed by atoms with van der Waals surface area (Å²) in [6.45, 7) is 3.91. The second-order valence-corrected chi connectivity index (χ2v) is 10.2. The van der Waals surface area contributed by atoms with Crippen molar-refractivity contribution in [2.75, 3.05) is 34.5 Å². The fourth-order valence-corrected chi connectivity index (χ4v) is 5.37. The number of rotatable bonds is 10. The molecule has 3 aromatic carbocycles. The molecule has 4 rings (SSSR count). The minimum absolute atomic E-state index is 0.0598. The molecule has 0 atom stereocenters. The maximum Gasteiger partial charge on any atom is 0.262 e. The molecule has 0 saturated carbocycles. The summed E-state index contributed by atoms with van der Waals surface area (Å²) in [5.41, 5.74) is 2.42. The van der Waals surface area contributed by atoms with Gasteiger partial charge in [-0.25, -0.2) is 18.1 Å². The van der Waals surface area contributed by atoms with E-state index in [1.54, 1.807) is 30.3 Å². The van der Waals surface area contributed by atoms with Crippen LogP contribution in [0.3, 0.4) is 0 Å². The Hall–Kier alpha value is -4.09. The third-order valence-electron chi connectivity index (χ3n) is 5.93. The van der Waals surface area contributed by atoms with E-state index in [1.807, 2.05) is 26.0 Å². The molecule has 0 spiro atoms. The highest BCUT2D eigenvalue weighted by molar-refractivity contribution is 7.89. The Balaban J connectivity index is 1.53. The van der Waals surface area contributed by atoms with E-state index in [4.69, 9.17) is 18.9 Å². The van der Waals surface area contributed by atoms with Gasteiger partial charge in [0.15, 0.2) is 0 Å². The van der Waals surface area contributed by atoms with Crippen molar-refractivity contribution in [3.05, 3.63) is 70.0 Å². The van der Waals surface area contributed by atoms with E-state index in [2.05, 4.69) is 14.7 Å². The summed E-state index contributed by atoms with van der Waals surface area (Å²) in [6.07, 6.45) is 0. The molecule has 38 heavy (non-hydrogen) atoms. The standard InChI is InChI=1S/C27H29N3O7S/c1-16-12-18(26-29-20-14-19(34-3)15-22(36-5)24(20)27(31)30-26)13-17(2)25(16)37-11-10-28-38(32,33)23-9-7-6-8-21(23)35-4/h6-9,12-15,28H,10-11H2,1-5H3,(H,29,30,31). The van der Waals surface area contributed by atoms with E-state index in [0.29, 0.717) is 39.5 Å². The van der Waals surface area contributed by atoms with Crippen LogP contribution >= 0.6 is 0 Å². The molecule has 4 aromatic rings. The van der Waals surface area contributed by atoms with E-state index in [-0.39, 0.29) is 29.4 Å². The van der Waals surface area contributed by atoms with Crippen molar-refractivity contribution in [3.8, 4) is 34.4 Å². The zero-order valence-electron chi connectivity index (χ0n) is 21.7. The smallest absolute Gasteiger partial charge is 0.262 e. The lowest BCUT2D eigenvalue weighted by molar-refractivity contribution is 0.318. The molecule has 0 saturated heterocycles. The molecule has 2 N–H and O–H groups in total. The number of aromatic amines is 1. The fraction of sp³-hybridized carbons (Fsp3) is 0.259. The number of nitrogens with one attached hydrogen (secondary N) is 2. The zero-order chi connectivity index (χ0) is 27.4. The van der Waals surface area contributed by atoms with Crippen LogP contribution in [-0.4, -0.2) is 52.9 Å². The van der Waals surface area contributed by atoms with Crippen molar-refractivity contribution in [2.45, 2.75) is 18.7 Å². The van der Waals surface area contributed by atoms with Gasteiger partial charge in [-0.15, -0.1) is 0 Å². The molecule has 0 fully saturated rings. The van der Waals surface area contributed by atoms with Crippen LogP contribution < -0.4 is 29.2 Å². The van der Waals surface area contributed by atoms with Gasteiger partial charge in [-0.2, -0.15) is 0 Å². The molecule has 0 bridgehead atoms. The number of nitrogens with zero attached hydrogens (tertiary/aromatic N) is 1. The summed E-state index contributed by atoms with van der Waals surface area (Å²) in [5, 5.41) is 0.334. The van der Waals surface area contributed by atoms with Crippen LogP contribution in [-0.2, 0) is 10.0 Å². The van der Waals surface area contributed by atoms with Crippen LogP contribution in [0.5, 0.6) is 23.0 Å². The number of ether oxygens (including phenoxy) is 4. The predicted octanol–water partition coefficient (Wildman–Crippen LogP) is 3.59. The highest BCUT2D eigenvalue weighted by Crippen LogP contribution is 2.31. The summed E-state index contributed by atoms with van der Waals surface area (Å²) in [4.78, 5) is 20.4. The van der Waals surface area contributed by atoms with Crippen LogP contribution in [0, 0.1) is 13.8 Å². The van der Waals surface area contributed by atoms with Gasteiger partial charge in [0.2, 0.25) is 10.0 Å². The van der Waals surface area contributed by atoms with Crippen molar-refractivity contribution >= 4 is 20.9 Å². The van der Waals surface area contributed by atoms with Gasteiger partial charge in [0.05, 0.1) is 26.8 Å². The van der Waals surface area contributed by atoms with E-state index in [1.165, 1.54) is 27.4 Å². The van der Waals surface area contributed by atoms with Crippen LogP contribution in [0.25, 0.3) is 22.3 Å². The van der Waals surface area contributed by atoms with E-state index in [9.17, 15) is 13.2 Å². The minimum Gasteiger partial charge on any atom is -0.497 e. The molecule has 1 heterocycles. The normalized spacial score (nSPS) is 11.4. The van der Waals surface area contributed by atoms with Crippen molar-refractivity contribution < 1.29 is 27.4 Å². The zero-order valence-corrected chi connectivity index (χ0v) is 22.6. The molecular weight excluding hydrogens is 510 g/mol. The van der Waals surface area contributed by atoms with Gasteiger partial charge in [0.25, 0.3) is 5.56 Å². The molecule has 11 heteroatoms. The maximum atomic E-state index is 12.9. The largest absolute Gasteiger partial charge is 0.497 e. The average molecular weight is 540 g/mol. The first-order valence-corrected chi connectivity index (χ1v) is 13.2.